The number of carboxylic acid groups (broad SMARTS) is 1. The summed E-state index contributed by atoms with van der Waals surface area (Å²) in [6.07, 6.45) is 15.7. The third-order valence-corrected chi connectivity index (χ3v) is 10.5. The SMILES string of the molecule is CCCCCCCCCCN(C)[C@@H]1CCCc2ccccc21.Cc1cc(C(F)(F)F)nn1C=CN1CCC(c2nc(C(=O)O)cs2)CC1. The summed E-state index contributed by atoms with van der Waals surface area (Å²) < 4.78 is 39.3. The first-order chi connectivity index (χ1) is 23.1. The first kappa shape index (κ1) is 37.6. The van der Waals surface area contributed by atoms with Crippen LogP contribution in [0.15, 0.2) is 41.9 Å². The van der Waals surface area contributed by atoms with Gasteiger partial charge >= 0.3 is 12.1 Å². The number of thiazole rings is 1. The Morgan fingerprint density at radius 3 is 2.38 bits per heavy atom. The van der Waals surface area contributed by atoms with E-state index < -0.39 is 17.8 Å². The second-order valence-corrected chi connectivity index (χ2v) is 14.0. The third kappa shape index (κ3) is 11.2. The number of benzene rings is 1. The fourth-order valence-corrected chi connectivity index (χ4v) is 7.61. The molecule has 0 saturated carbocycles. The van der Waals surface area contributed by atoms with Crippen LogP contribution in [0.2, 0.25) is 0 Å². The van der Waals surface area contributed by atoms with Gasteiger partial charge in [-0.05, 0) is 76.2 Å². The standard InChI is InChI=1S/C21H35N.C16H17F3N4O2S/c1-3-4-5-6-7-8-9-12-18-22(2)21-17-13-15-19-14-10-11-16-20(19)21;1-10-8-13(16(17,18)19)21-23(10)7-6-22-4-2-11(3-5-22)14-20-12(9-26-14)15(24)25/h10-11,14,16,21H,3-9,12-13,15,17-18H2,1-2H3;6-9,11H,2-5H2,1H3,(H,24,25)/t21-;/m1./s1. The van der Waals surface area contributed by atoms with Gasteiger partial charge in [-0.25, -0.2) is 14.5 Å². The minimum absolute atomic E-state index is 0.0713. The maximum absolute atomic E-state index is 12.7. The summed E-state index contributed by atoms with van der Waals surface area (Å²) in [6, 6.07) is 10.8. The predicted molar refractivity (Wildman–Crippen MR) is 187 cm³/mol. The highest BCUT2D eigenvalue weighted by Crippen LogP contribution is 2.34. The van der Waals surface area contributed by atoms with E-state index in [2.05, 4.69) is 53.2 Å². The summed E-state index contributed by atoms with van der Waals surface area (Å²) in [6.45, 7) is 6.56. The lowest BCUT2D eigenvalue weighted by Crippen LogP contribution is -2.28. The van der Waals surface area contributed by atoms with Gasteiger partial charge in [-0.1, -0.05) is 76.1 Å². The van der Waals surface area contributed by atoms with E-state index in [4.69, 9.17) is 5.11 Å². The lowest BCUT2D eigenvalue weighted by atomic mass is 9.87. The molecule has 48 heavy (non-hydrogen) atoms. The fourth-order valence-electron chi connectivity index (χ4n) is 6.64. The van der Waals surface area contributed by atoms with Gasteiger partial charge in [0, 0.05) is 48.5 Å². The quantitative estimate of drug-likeness (QED) is 0.170. The molecule has 3 heterocycles. The van der Waals surface area contributed by atoms with Crippen LogP contribution < -0.4 is 0 Å². The smallest absolute Gasteiger partial charge is 0.435 e. The van der Waals surface area contributed by atoms with Crippen molar-refractivity contribution in [3.63, 3.8) is 0 Å². The average Bonchev–Trinajstić information content (AvgIpc) is 3.73. The summed E-state index contributed by atoms with van der Waals surface area (Å²) in [4.78, 5) is 19.7. The van der Waals surface area contributed by atoms with Gasteiger partial charge < -0.3 is 10.0 Å². The molecule has 264 valence electrons. The van der Waals surface area contributed by atoms with Gasteiger partial charge in [-0.2, -0.15) is 18.3 Å². The molecule has 7 nitrogen and oxygen atoms in total. The first-order valence-corrected chi connectivity index (χ1v) is 18.5. The molecule has 1 saturated heterocycles. The van der Waals surface area contributed by atoms with Crippen molar-refractivity contribution in [1.82, 2.24) is 24.6 Å². The molecule has 0 unspecified atom stereocenters. The molecule has 1 fully saturated rings. The highest BCUT2D eigenvalue weighted by Gasteiger charge is 2.34. The Labute approximate surface area is 287 Å². The molecular formula is C37H52F3N5O2S. The molecule has 2 aromatic heterocycles. The second kappa shape index (κ2) is 18.5. The summed E-state index contributed by atoms with van der Waals surface area (Å²) >= 11 is 1.35. The first-order valence-electron chi connectivity index (χ1n) is 17.6. The number of unbranched alkanes of at least 4 members (excludes halogenated alkanes) is 7. The minimum Gasteiger partial charge on any atom is -0.476 e. The molecule has 1 atom stereocenters. The van der Waals surface area contributed by atoms with Crippen LogP contribution in [0.3, 0.4) is 0 Å². The number of alkyl halides is 3. The number of piperidine rings is 1. The van der Waals surface area contributed by atoms with Crippen LogP contribution in [0.5, 0.6) is 0 Å². The minimum atomic E-state index is -4.45. The Morgan fingerprint density at radius 2 is 1.73 bits per heavy atom. The fraction of sp³-hybridized carbons (Fsp3) is 0.595. The third-order valence-electron chi connectivity index (χ3n) is 9.49. The Morgan fingerprint density at radius 1 is 1.04 bits per heavy atom. The molecular weight excluding hydrogens is 636 g/mol. The molecule has 11 heteroatoms. The zero-order valence-electron chi connectivity index (χ0n) is 28.7. The summed E-state index contributed by atoms with van der Waals surface area (Å²) in [5.74, 6) is -0.818. The molecule has 3 aromatic rings. The van der Waals surface area contributed by atoms with E-state index in [-0.39, 0.29) is 11.6 Å². The van der Waals surface area contributed by atoms with Crippen LogP contribution in [0.1, 0.15) is 134 Å². The van der Waals surface area contributed by atoms with Crippen molar-refractivity contribution >= 4 is 23.5 Å². The van der Waals surface area contributed by atoms with Gasteiger partial charge in [-0.3, -0.25) is 4.90 Å². The van der Waals surface area contributed by atoms with E-state index in [9.17, 15) is 18.0 Å². The Kier molecular flexibility index (Phi) is 14.5. The van der Waals surface area contributed by atoms with Crippen LogP contribution in [0.4, 0.5) is 13.2 Å². The van der Waals surface area contributed by atoms with Gasteiger partial charge in [0.05, 0.1) is 5.01 Å². The van der Waals surface area contributed by atoms with Crippen LogP contribution in [-0.4, -0.2) is 62.3 Å². The molecule has 1 aliphatic heterocycles. The number of rotatable bonds is 14. The number of nitrogens with zero attached hydrogens (tertiary/aromatic N) is 5. The highest BCUT2D eigenvalue weighted by molar-refractivity contribution is 7.09. The van der Waals surface area contributed by atoms with Gasteiger partial charge in [0.25, 0.3) is 0 Å². The van der Waals surface area contributed by atoms with Crippen molar-refractivity contribution < 1.29 is 23.1 Å². The van der Waals surface area contributed by atoms with Gasteiger partial charge in [-0.15, -0.1) is 11.3 Å². The molecule has 0 bridgehead atoms. The molecule has 1 aliphatic carbocycles. The average molecular weight is 688 g/mol. The highest BCUT2D eigenvalue weighted by atomic mass is 32.1. The predicted octanol–water partition coefficient (Wildman–Crippen LogP) is 9.81. The van der Waals surface area contributed by atoms with Gasteiger partial charge in [0.1, 0.15) is 0 Å². The topological polar surface area (TPSA) is 74.5 Å². The summed E-state index contributed by atoms with van der Waals surface area (Å²) in [7, 11) is 2.33. The molecule has 0 spiro atoms. The Bertz CT molecular complexity index is 1440. The van der Waals surface area contributed by atoms with E-state index in [1.54, 1.807) is 29.6 Å². The molecule has 1 N–H and O–H groups in total. The van der Waals surface area contributed by atoms with E-state index in [1.807, 2.05) is 4.90 Å². The summed E-state index contributed by atoms with van der Waals surface area (Å²) in [5.41, 5.74) is 2.75. The van der Waals surface area contributed by atoms with Crippen molar-refractivity contribution in [3.05, 3.63) is 75.1 Å². The maximum atomic E-state index is 12.7. The van der Waals surface area contributed by atoms with Crippen LogP contribution in [0.25, 0.3) is 6.20 Å². The van der Waals surface area contributed by atoms with Crippen LogP contribution >= 0.6 is 11.3 Å². The van der Waals surface area contributed by atoms with E-state index >= 15 is 0 Å². The van der Waals surface area contributed by atoms with Crippen LogP contribution in [-0.2, 0) is 12.6 Å². The Balaban J connectivity index is 0.000000220. The van der Waals surface area contributed by atoms with E-state index in [1.165, 1.54) is 99.4 Å². The van der Waals surface area contributed by atoms with Crippen molar-refractivity contribution in [2.45, 2.75) is 115 Å². The van der Waals surface area contributed by atoms with Crippen molar-refractivity contribution in [2.24, 2.45) is 0 Å². The van der Waals surface area contributed by atoms with E-state index in [0.29, 0.717) is 11.7 Å². The number of fused-ring (bicyclic) bond motifs is 1. The van der Waals surface area contributed by atoms with Gasteiger partial charge in [0.2, 0.25) is 0 Å². The number of hydrogen-bond donors (Lipinski definition) is 1. The number of aryl methyl sites for hydroxylation is 2. The molecule has 2 aliphatic rings. The maximum Gasteiger partial charge on any atom is 0.435 e. The number of aromatic nitrogens is 3. The molecule has 1 aromatic carbocycles. The van der Waals surface area contributed by atoms with Crippen molar-refractivity contribution in [2.75, 3.05) is 26.7 Å². The van der Waals surface area contributed by atoms with Crippen molar-refractivity contribution in [1.29, 1.82) is 0 Å². The number of aromatic carboxylic acids is 1. The molecule has 0 radical (unpaired) electrons. The number of halogens is 3. The number of likely N-dealkylation sites (tertiary alicyclic amines) is 1. The monoisotopic (exact) mass is 687 g/mol. The molecule has 0 amide bonds. The summed E-state index contributed by atoms with van der Waals surface area (Å²) in [5, 5.41) is 14.9. The Hall–Kier alpha value is -3.18. The lowest BCUT2D eigenvalue weighted by molar-refractivity contribution is -0.141. The molecule has 5 rings (SSSR count). The zero-order chi connectivity index (χ0) is 34.5. The van der Waals surface area contributed by atoms with Crippen LogP contribution in [0, 0.1) is 6.92 Å². The largest absolute Gasteiger partial charge is 0.476 e. The normalized spacial score (nSPS) is 17.1. The zero-order valence-corrected chi connectivity index (χ0v) is 29.5. The number of carboxylic acids is 1. The van der Waals surface area contributed by atoms with E-state index in [0.717, 1.165) is 37.0 Å². The number of hydrogen-bond acceptors (Lipinski definition) is 6. The van der Waals surface area contributed by atoms with Gasteiger partial charge in [0.15, 0.2) is 11.4 Å². The second-order valence-electron chi connectivity index (χ2n) is 13.2. The van der Waals surface area contributed by atoms with Crippen molar-refractivity contribution in [3.8, 4) is 0 Å². The lowest BCUT2D eigenvalue weighted by Gasteiger charge is -2.33. The number of carbonyl (C=O) groups is 1.